The second-order valence-corrected chi connectivity index (χ2v) is 5.28. The number of hydrogen-bond donors (Lipinski definition) is 0. The van der Waals surface area contributed by atoms with Crippen molar-refractivity contribution in [1.29, 1.82) is 0 Å². The number of fused-ring (bicyclic) bond motifs is 1. The third-order valence-corrected chi connectivity index (χ3v) is 3.50. The van der Waals surface area contributed by atoms with Crippen LogP contribution in [-0.4, -0.2) is 5.78 Å². The van der Waals surface area contributed by atoms with Gasteiger partial charge >= 0.3 is 0 Å². The lowest BCUT2D eigenvalue weighted by Gasteiger charge is -2.20. The Balaban J connectivity index is 2.68. The third kappa shape index (κ3) is 1.60. The monoisotopic (exact) mass is 202 g/mol. The molecular weight excluding hydrogens is 184 g/mol. The molecule has 0 amide bonds. The van der Waals surface area contributed by atoms with Gasteiger partial charge in [0.1, 0.15) is 0 Å². The lowest BCUT2D eigenvalue weighted by Crippen LogP contribution is -2.12. The molecule has 0 atom stereocenters. The first kappa shape index (κ1) is 10.4. The van der Waals surface area contributed by atoms with E-state index in [-0.39, 0.29) is 11.2 Å². The fourth-order valence-corrected chi connectivity index (χ4v) is 2.58. The van der Waals surface area contributed by atoms with Crippen molar-refractivity contribution in [1.82, 2.24) is 0 Å². The summed E-state index contributed by atoms with van der Waals surface area (Å²) in [5.74, 6) is 0.202. The molecule has 0 saturated heterocycles. The standard InChI is InChI=1S/C14H18O/c1-9-7-12(10(2)15)11-5-6-14(3,4)13(11)8-9/h7-8H,5-6H2,1-4H3. The minimum absolute atomic E-state index is 0.202. The highest BCUT2D eigenvalue weighted by Crippen LogP contribution is 2.40. The highest BCUT2D eigenvalue weighted by Gasteiger charge is 2.32. The molecule has 2 rings (SSSR count). The Morgan fingerprint density at radius 3 is 2.60 bits per heavy atom. The minimum Gasteiger partial charge on any atom is -0.295 e. The van der Waals surface area contributed by atoms with E-state index in [0.29, 0.717) is 0 Å². The maximum absolute atomic E-state index is 11.6. The van der Waals surface area contributed by atoms with Crippen molar-refractivity contribution in [3.63, 3.8) is 0 Å². The molecule has 0 unspecified atom stereocenters. The molecule has 0 fully saturated rings. The van der Waals surface area contributed by atoms with Gasteiger partial charge in [-0.25, -0.2) is 0 Å². The molecular formula is C14H18O. The number of benzene rings is 1. The highest BCUT2D eigenvalue weighted by atomic mass is 16.1. The van der Waals surface area contributed by atoms with Crippen LogP contribution in [0.15, 0.2) is 12.1 Å². The molecule has 1 aliphatic rings. The average molecular weight is 202 g/mol. The fraction of sp³-hybridized carbons (Fsp3) is 0.500. The van der Waals surface area contributed by atoms with Crippen molar-refractivity contribution in [2.24, 2.45) is 0 Å². The van der Waals surface area contributed by atoms with Gasteiger partial charge in [-0.15, -0.1) is 0 Å². The zero-order valence-corrected chi connectivity index (χ0v) is 9.98. The van der Waals surface area contributed by atoms with Crippen molar-refractivity contribution in [2.75, 3.05) is 0 Å². The van der Waals surface area contributed by atoms with E-state index in [4.69, 9.17) is 0 Å². The summed E-state index contributed by atoms with van der Waals surface area (Å²) in [5.41, 5.74) is 5.06. The summed E-state index contributed by atoms with van der Waals surface area (Å²) in [6, 6.07) is 4.28. The first-order chi connectivity index (χ1) is 6.92. The second kappa shape index (κ2) is 3.19. The number of rotatable bonds is 1. The SMILES string of the molecule is CC(=O)c1cc(C)cc2c1CCC2(C)C. The smallest absolute Gasteiger partial charge is 0.160 e. The molecule has 15 heavy (non-hydrogen) atoms. The van der Waals surface area contributed by atoms with Gasteiger partial charge in [-0.3, -0.25) is 4.79 Å². The topological polar surface area (TPSA) is 17.1 Å². The first-order valence-electron chi connectivity index (χ1n) is 5.57. The van der Waals surface area contributed by atoms with E-state index >= 15 is 0 Å². The average Bonchev–Trinajstić information content (AvgIpc) is 2.41. The van der Waals surface area contributed by atoms with Crippen molar-refractivity contribution in [2.45, 2.75) is 46.0 Å². The van der Waals surface area contributed by atoms with Crippen molar-refractivity contribution in [3.8, 4) is 0 Å². The maximum atomic E-state index is 11.6. The summed E-state index contributed by atoms with van der Waals surface area (Å²) in [6.45, 7) is 8.27. The number of carbonyl (C=O) groups is 1. The Labute approximate surface area is 91.5 Å². The number of aryl methyl sites for hydroxylation is 1. The maximum Gasteiger partial charge on any atom is 0.160 e. The Morgan fingerprint density at radius 1 is 1.33 bits per heavy atom. The number of hydrogen-bond acceptors (Lipinski definition) is 1. The quantitative estimate of drug-likeness (QED) is 0.638. The summed E-state index contributed by atoms with van der Waals surface area (Å²) < 4.78 is 0. The zero-order valence-electron chi connectivity index (χ0n) is 9.98. The second-order valence-electron chi connectivity index (χ2n) is 5.28. The minimum atomic E-state index is 0.202. The van der Waals surface area contributed by atoms with Gasteiger partial charge < -0.3 is 0 Å². The summed E-state index contributed by atoms with van der Waals surface area (Å²) in [6.07, 6.45) is 2.21. The molecule has 0 spiro atoms. The molecule has 0 aromatic heterocycles. The largest absolute Gasteiger partial charge is 0.295 e. The molecule has 1 aromatic carbocycles. The van der Waals surface area contributed by atoms with Crippen LogP contribution in [0.25, 0.3) is 0 Å². The van der Waals surface area contributed by atoms with Crippen molar-refractivity contribution >= 4 is 5.78 Å². The van der Waals surface area contributed by atoms with Crippen LogP contribution in [0, 0.1) is 6.92 Å². The molecule has 1 heteroatoms. The molecule has 0 heterocycles. The van der Waals surface area contributed by atoms with E-state index in [1.165, 1.54) is 16.7 Å². The lowest BCUT2D eigenvalue weighted by atomic mass is 9.85. The van der Waals surface area contributed by atoms with E-state index in [2.05, 4.69) is 26.8 Å². The first-order valence-corrected chi connectivity index (χ1v) is 5.57. The number of Topliss-reactive ketones (excluding diaryl/α,β-unsaturated/α-hetero) is 1. The van der Waals surface area contributed by atoms with Crippen molar-refractivity contribution < 1.29 is 4.79 Å². The van der Waals surface area contributed by atoms with Crippen LogP contribution in [0.2, 0.25) is 0 Å². The summed E-state index contributed by atoms with van der Waals surface area (Å²) in [4.78, 5) is 11.6. The van der Waals surface area contributed by atoms with Crippen LogP contribution in [0.4, 0.5) is 0 Å². The molecule has 0 aliphatic heterocycles. The fourth-order valence-electron chi connectivity index (χ4n) is 2.58. The van der Waals surface area contributed by atoms with Gasteiger partial charge in [-0.05, 0) is 49.3 Å². The van der Waals surface area contributed by atoms with E-state index in [9.17, 15) is 4.79 Å². The Kier molecular flexibility index (Phi) is 2.22. The Morgan fingerprint density at radius 2 is 2.00 bits per heavy atom. The van der Waals surface area contributed by atoms with Crippen LogP contribution in [0.1, 0.15) is 54.2 Å². The predicted octanol–water partition coefficient (Wildman–Crippen LogP) is 3.42. The molecule has 1 aromatic rings. The summed E-state index contributed by atoms with van der Waals surface area (Å²) in [7, 11) is 0. The van der Waals surface area contributed by atoms with Crippen LogP contribution < -0.4 is 0 Å². The summed E-state index contributed by atoms with van der Waals surface area (Å²) >= 11 is 0. The van der Waals surface area contributed by atoms with Crippen molar-refractivity contribution in [3.05, 3.63) is 34.4 Å². The van der Waals surface area contributed by atoms with E-state index in [0.717, 1.165) is 18.4 Å². The van der Waals surface area contributed by atoms with Gasteiger partial charge in [0.05, 0.1) is 0 Å². The molecule has 0 radical (unpaired) electrons. The molecule has 80 valence electrons. The molecule has 0 N–H and O–H groups in total. The normalized spacial score (nSPS) is 17.6. The van der Waals surface area contributed by atoms with Gasteiger partial charge in [-0.2, -0.15) is 0 Å². The molecule has 1 nitrogen and oxygen atoms in total. The van der Waals surface area contributed by atoms with E-state index < -0.39 is 0 Å². The van der Waals surface area contributed by atoms with Crippen LogP contribution in [0.3, 0.4) is 0 Å². The number of carbonyl (C=O) groups excluding carboxylic acids is 1. The third-order valence-electron chi connectivity index (χ3n) is 3.50. The zero-order chi connectivity index (χ0) is 11.2. The van der Waals surface area contributed by atoms with Gasteiger partial charge in [0.25, 0.3) is 0 Å². The van der Waals surface area contributed by atoms with Crippen LogP contribution in [-0.2, 0) is 11.8 Å². The van der Waals surface area contributed by atoms with Gasteiger partial charge in [-0.1, -0.05) is 25.5 Å². The van der Waals surface area contributed by atoms with E-state index in [1.54, 1.807) is 6.92 Å². The van der Waals surface area contributed by atoms with Crippen LogP contribution in [0.5, 0.6) is 0 Å². The Bertz CT molecular complexity index is 427. The Hall–Kier alpha value is -1.11. The summed E-state index contributed by atoms with van der Waals surface area (Å²) in [5, 5.41) is 0. The molecule has 0 saturated carbocycles. The lowest BCUT2D eigenvalue weighted by molar-refractivity contribution is 0.101. The highest BCUT2D eigenvalue weighted by molar-refractivity contribution is 5.96. The number of ketones is 1. The van der Waals surface area contributed by atoms with E-state index in [1.807, 2.05) is 6.07 Å². The van der Waals surface area contributed by atoms with Gasteiger partial charge in [0.2, 0.25) is 0 Å². The predicted molar refractivity (Wildman–Crippen MR) is 62.5 cm³/mol. The van der Waals surface area contributed by atoms with Gasteiger partial charge in [0.15, 0.2) is 5.78 Å². The van der Waals surface area contributed by atoms with Gasteiger partial charge in [0, 0.05) is 5.56 Å². The molecule has 1 aliphatic carbocycles. The molecule has 0 bridgehead atoms. The van der Waals surface area contributed by atoms with Crippen LogP contribution >= 0.6 is 0 Å².